The Hall–Kier alpha value is -2.04. The Morgan fingerprint density at radius 3 is 2.70 bits per heavy atom. The van der Waals surface area contributed by atoms with Crippen LogP contribution in [0.25, 0.3) is 0 Å². The fourth-order valence-electron chi connectivity index (χ4n) is 3.21. The average Bonchev–Trinajstić information content (AvgIpc) is 2.72. The maximum atomic E-state index is 12.0. The molecule has 1 N–H and O–H groups in total. The summed E-state index contributed by atoms with van der Waals surface area (Å²) in [5, 5.41) is 9.06. The van der Waals surface area contributed by atoms with Crippen LogP contribution < -0.4 is 4.74 Å². The minimum atomic E-state index is -0.765. The second kappa shape index (κ2) is 4.51. The maximum absolute atomic E-state index is 12.0. The molecular weight excluding hydrogens is 260 g/mol. The Kier molecular flexibility index (Phi) is 2.92. The molecule has 0 radical (unpaired) electrons. The van der Waals surface area contributed by atoms with Gasteiger partial charge in [-0.15, -0.1) is 0 Å². The molecule has 2 aliphatic rings. The van der Waals surface area contributed by atoms with Gasteiger partial charge in [0.2, 0.25) is 0 Å². The molecule has 1 saturated carbocycles. The van der Waals surface area contributed by atoms with Crippen LogP contribution in [0.1, 0.15) is 41.6 Å². The molecular formula is C15H16O5. The predicted octanol–water partition coefficient (Wildman–Crippen LogP) is 2.34. The molecule has 0 amide bonds. The predicted molar refractivity (Wildman–Crippen MR) is 69.7 cm³/mol. The fourth-order valence-corrected chi connectivity index (χ4v) is 3.21. The van der Waals surface area contributed by atoms with Crippen LogP contribution >= 0.6 is 0 Å². The van der Waals surface area contributed by atoms with Crippen LogP contribution in [0.4, 0.5) is 0 Å². The molecule has 1 aliphatic carbocycles. The molecule has 0 aromatic heterocycles. The third-order valence-electron chi connectivity index (χ3n) is 4.37. The SMILES string of the molecule is COc1ccc2c(c1)C(=O)O[C@]21CC[C@H](C(=O)O)CC1. The Labute approximate surface area is 116 Å². The number of aliphatic carboxylic acids is 1. The van der Waals surface area contributed by atoms with E-state index in [2.05, 4.69) is 0 Å². The average molecular weight is 276 g/mol. The van der Waals surface area contributed by atoms with Crippen molar-refractivity contribution in [3.05, 3.63) is 29.3 Å². The number of hydrogen-bond donors (Lipinski definition) is 1. The summed E-state index contributed by atoms with van der Waals surface area (Å²) in [5.74, 6) is -0.814. The van der Waals surface area contributed by atoms with Gasteiger partial charge in [0.25, 0.3) is 0 Å². The van der Waals surface area contributed by atoms with Gasteiger partial charge in [0.1, 0.15) is 11.4 Å². The zero-order chi connectivity index (χ0) is 14.3. The standard InChI is InChI=1S/C15H16O5/c1-19-10-2-3-12-11(8-10)14(18)20-15(12)6-4-9(5-7-15)13(16)17/h2-3,8-9H,4-7H2,1H3,(H,16,17)/t9-,15-. The summed E-state index contributed by atoms with van der Waals surface area (Å²) < 4.78 is 10.7. The summed E-state index contributed by atoms with van der Waals surface area (Å²) in [7, 11) is 1.55. The van der Waals surface area contributed by atoms with Gasteiger partial charge in [-0.1, -0.05) is 6.07 Å². The van der Waals surface area contributed by atoms with Gasteiger partial charge in [0, 0.05) is 5.56 Å². The molecule has 1 aromatic carbocycles. The monoisotopic (exact) mass is 276 g/mol. The highest BCUT2D eigenvalue weighted by molar-refractivity contribution is 5.95. The largest absolute Gasteiger partial charge is 0.497 e. The van der Waals surface area contributed by atoms with E-state index in [1.165, 1.54) is 0 Å². The van der Waals surface area contributed by atoms with Crippen molar-refractivity contribution in [2.75, 3.05) is 7.11 Å². The Morgan fingerprint density at radius 2 is 2.10 bits per heavy atom. The van der Waals surface area contributed by atoms with Crippen LogP contribution in [-0.2, 0) is 15.1 Å². The number of esters is 1. The first kappa shape index (κ1) is 13.0. The minimum absolute atomic E-state index is 0.332. The van der Waals surface area contributed by atoms with E-state index < -0.39 is 11.6 Å². The molecule has 0 unspecified atom stereocenters. The smallest absolute Gasteiger partial charge is 0.339 e. The third-order valence-corrected chi connectivity index (χ3v) is 4.37. The van der Waals surface area contributed by atoms with E-state index in [0.29, 0.717) is 37.0 Å². The van der Waals surface area contributed by atoms with Crippen LogP contribution in [0.5, 0.6) is 5.75 Å². The lowest BCUT2D eigenvalue weighted by Crippen LogP contribution is -2.34. The number of carbonyl (C=O) groups is 2. The molecule has 0 atom stereocenters. The molecule has 1 aliphatic heterocycles. The molecule has 0 bridgehead atoms. The molecule has 1 spiro atoms. The third kappa shape index (κ3) is 1.85. The van der Waals surface area contributed by atoms with Crippen molar-refractivity contribution in [2.45, 2.75) is 31.3 Å². The molecule has 20 heavy (non-hydrogen) atoms. The van der Waals surface area contributed by atoms with Crippen molar-refractivity contribution in [2.24, 2.45) is 5.92 Å². The summed E-state index contributed by atoms with van der Waals surface area (Å²) in [6.07, 6.45) is 2.20. The number of rotatable bonds is 2. The van der Waals surface area contributed by atoms with Gasteiger partial charge in [-0.3, -0.25) is 4.79 Å². The van der Waals surface area contributed by atoms with E-state index in [0.717, 1.165) is 5.56 Å². The number of carboxylic acid groups (broad SMARTS) is 1. The van der Waals surface area contributed by atoms with Gasteiger partial charge < -0.3 is 14.6 Å². The summed E-state index contributed by atoms with van der Waals surface area (Å²) in [6, 6.07) is 5.36. The number of benzene rings is 1. The molecule has 0 saturated heterocycles. The summed E-state index contributed by atoms with van der Waals surface area (Å²) in [4.78, 5) is 23.1. The summed E-state index contributed by atoms with van der Waals surface area (Å²) in [5.41, 5.74) is 0.773. The number of hydrogen-bond acceptors (Lipinski definition) is 4. The molecule has 5 heteroatoms. The quantitative estimate of drug-likeness (QED) is 0.839. The zero-order valence-corrected chi connectivity index (χ0v) is 11.2. The number of fused-ring (bicyclic) bond motifs is 2. The first-order valence-electron chi connectivity index (χ1n) is 6.70. The van der Waals surface area contributed by atoms with E-state index in [-0.39, 0.29) is 11.9 Å². The topological polar surface area (TPSA) is 72.8 Å². The molecule has 106 valence electrons. The molecule has 1 aromatic rings. The Balaban J connectivity index is 1.92. The van der Waals surface area contributed by atoms with E-state index in [1.807, 2.05) is 12.1 Å². The lowest BCUT2D eigenvalue weighted by molar-refractivity contribution is -0.144. The number of carboxylic acids is 1. The van der Waals surface area contributed by atoms with E-state index >= 15 is 0 Å². The van der Waals surface area contributed by atoms with Gasteiger partial charge in [0.15, 0.2) is 0 Å². The Morgan fingerprint density at radius 1 is 1.40 bits per heavy atom. The van der Waals surface area contributed by atoms with Crippen LogP contribution in [0.3, 0.4) is 0 Å². The van der Waals surface area contributed by atoms with Crippen molar-refractivity contribution < 1.29 is 24.2 Å². The first-order valence-corrected chi connectivity index (χ1v) is 6.70. The normalized spacial score (nSPS) is 28.1. The van der Waals surface area contributed by atoms with Crippen molar-refractivity contribution in [3.8, 4) is 5.75 Å². The van der Waals surface area contributed by atoms with Crippen molar-refractivity contribution in [3.63, 3.8) is 0 Å². The van der Waals surface area contributed by atoms with E-state index in [9.17, 15) is 9.59 Å². The lowest BCUT2D eigenvalue weighted by Gasteiger charge is -2.35. The van der Waals surface area contributed by atoms with E-state index in [1.54, 1.807) is 13.2 Å². The van der Waals surface area contributed by atoms with Crippen molar-refractivity contribution >= 4 is 11.9 Å². The highest BCUT2D eigenvalue weighted by Gasteiger charge is 2.48. The zero-order valence-electron chi connectivity index (χ0n) is 11.2. The van der Waals surface area contributed by atoms with Crippen molar-refractivity contribution in [1.29, 1.82) is 0 Å². The second-order valence-electron chi connectivity index (χ2n) is 5.41. The van der Waals surface area contributed by atoms with Crippen LogP contribution in [-0.4, -0.2) is 24.2 Å². The van der Waals surface area contributed by atoms with Gasteiger partial charge >= 0.3 is 11.9 Å². The molecule has 1 fully saturated rings. The fraction of sp³-hybridized carbons (Fsp3) is 0.467. The second-order valence-corrected chi connectivity index (χ2v) is 5.41. The number of ether oxygens (including phenoxy) is 2. The maximum Gasteiger partial charge on any atom is 0.339 e. The molecule has 1 heterocycles. The highest BCUT2D eigenvalue weighted by atomic mass is 16.6. The number of carbonyl (C=O) groups excluding carboxylic acids is 1. The highest BCUT2D eigenvalue weighted by Crippen LogP contribution is 2.48. The van der Waals surface area contributed by atoms with Gasteiger partial charge in [-0.05, 0) is 37.8 Å². The van der Waals surface area contributed by atoms with Crippen LogP contribution in [0.2, 0.25) is 0 Å². The van der Waals surface area contributed by atoms with Crippen molar-refractivity contribution in [1.82, 2.24) is 0 Å². The van der Waals surface area contributed by atoms with Crippen LogP contribution in [0, 0.1) is 5.92 Å². The lowest BCUT2D eigenvalue weighted by atomic mass is 9.75. The summed E-state index contributed by atoms with van der Waals surface area (Å²) in [6.45, 7) is 0. The van der Waals surface area contributed by atoms with Gasteiger partial charge in [-0.2, -0.15) is 0 Å². The Bertz CT molecular complexity index is 570. The first-order chi connectivity index (χ1) is 9.55. The van der Waals surface area contributed by atoms with Crippen LogP contribution in [0.15, 0.2) is 18.2 Å². The summed E-state index contributed by atoms with van der Waals surface area (Å²) >= 11 is 0. The minimum Gasteiger partial charge on any atom is -0.497 e. The molecule has 5 nitrogen and oxygen atoms in total. The number of methoxy groups -OCH3 is 1. The van der Waals surface area contributed by atoms with Gasteiger partial charge in [0.05, 0.1) is 18.6 Å². The molecule has 3 rings (SSSR count). The van der Waals surface area contributed by atoms with E-state index in [4.69, 9.17) is 14.6 Å². The van der Waals surface area contributed by atoms with Gasteiger partial charge in [-0.25, -0.2) is 4.79 Å².